The highest BCUT2D eigenvalue weighted by molar-refractivity contribution is 7.98. The van der Waals surface area contributed by atoms with Crippen LogP contribution in [0, 0.1) is 5.41 Å². The number of rotatable bonds is 7. The summed E-state index contributed by atoms with van der Waals surface area (Å²) in [7, 11) is 1.29. The molecule has 0 aromatic heterocycles. The molecule has 1 saturated carbocycles. The van der Waals surface area contributed by atoms with Gasteiger partial charge in [-0.25, -0.2) is 0 Å². The molecule has 9 heteroatoms. The van der Waals surface area contributed by atoms with Crippen molar-refractivity contribution in [3.63, 3.8) is 0 Å². The highest BCUT2D eigenvalue weighted by Crippen LogP contribution is 2.53. The molecular formula is C26H29F3N2O3S. The molecule has 1 unspecified atom stereocenters. The zero-order valence-electron chi connectivity index (χ0n) is 19.8. The monoisotopic (exact) mass is 506 g/mol. The molecule has 3 fully saturated rings. The van der Waals surface area contributed by atoms with Gasteiger partial charge < -0.3 is 14.8 Å². The second kappa shape index (κ2) is 9.01. The standard InChI is InChI=1S/C26H29F3N2O3S/c1-33-19-11-18(26(27,28)29)12-20(35-2)21(19)23(32)30-22(17-7-4-3-5-8-17)25(9-6-10-25)31-13-24(14-31)15-34-16-24/h3-5,7-8,11-12,22H,6,9-10,13-16H2,1-2H3,(H,30,32). The van der Waals surface area contributed by atoms with Crippen LogP contribution in [0.4, 0.5) is 13.2 Å². The summed E-state index contributed by atoms with van der Waals surface area (Å²) in [5.41, 5.74) is 0.297. The average molecular weight is 507 g/mol. The maximum atomic E-state index is 13.7. The van der Waals surface area contributed by atoms with E-state index in [0.717, 1.165) is 75.0 Å². The molecule has 1 N–H and O–H groups in total. The number of nitrogens with zero attached hydrogens (tertiary/aromatic N) is 1. The number of methoxy groups -OCH3 is 1. The van der Waals surface area contributed by atoms with E-state index in [2.05, 4.69) is 10.2 Å². The largest absolute Gasteiger partial charge is 0.496 e. The predicted octanol–water partition coefficient (Wildman–Crippen LogP) is 5.16. The van der Waals surface area contributed by atoms with Gasteiger partial charge >= 0.3 is 6.18 Å². The molecular weight excluding hydrogens is 477 g/mol. The van der Waals surface area contributed by atoms with Crippen LogP contribution in [0.25, 0.3) is 0 Å². The molecule has 1 atom stereocenters. The Bertz CT molecular complexity index is 1070. The van der Waals surface area contributed by atoms with Crippen molar-refractivity contribution in [1.29, 1.82) is 0 Å². The lowest BCUT2D eigenvalue weighted by Crippen LogP contribution is -2.75. The fourth-order valence-electron chi connectivity index (χ4n) is 5.65. The SMILES string of the molecule is COc1cc(C(F)(F)F)cc(SC)c1C(=O)NC(c1ccccc1)C1(N2CC3(COC3)C2)CCC1. The highest BCUT2D eigenvalue weighted by Gasteiger charge is 2.59. The quantitative estimate of drug-likeness (QED) is 0.526. The fourth-order valence-corrected chi connectivity index (χ4v) is 6.30. The smallest absolute Gasteiger partial charge is 0.416 e. The Hall–Kier alpha value is -2.23. The van der Waals surface area contributed by atoms with Crippen molar-refractivity contribution in [1.82, 2.24) is 10.2 Å². The Morgan fingerprint density at radius 1 is 1.17 bits per heavy atom. The normalized spacial score (nSPS) is 21.4. The van der Waals surface area contributed by atoms with Gasteiger partial charge in [-0.15, -0.1) is 11.8 Å². The molecule has 2 heterocycles. The van der Waals surface area contributed by atoms with Gasteiger partial charge in [-0.2, -0.15) is 13.2 Å². The van der Waals surface area contributed by atoms with E-state index in [-0.39, 0.29) is 33.2 Å². The second-order valence-corrected chi connectivity index (χ2v) is 10.7. The summed E-state index contributed by atoms with van der Waals surface area (Å²) < 4.78 is 51.1. The van der Waals surface area contributed by atoms with Gasteiger partial charge in [-0.05, 0) is 43.2 Å². The maximum absolute atomic E-state index is 13.7. The first kappa shape index (κ1) is 24.5. The summed E-state index contributed by atoms with van der Waals surface area (Å²) >= 11 is 1.10. The Balaban J connectivity index is 1.50. The Labute approximate surface area is 207 Å². The van der Waals surface area contributed by atoms with Crippen LogP contribution in [0.3, 0.4) is 0 Å². The Kier molecular flexibility index (Phi) is 6.30. The number of carbonyl (C=O) groups is 1. The molecule has 2 aliphatic heterocycles. The van der Waals surface area contributed by atoms with Gasteiger partial charge in [0.15, 0.2) is 0 Å². The Morgan fingerprint density at radius 3 is 2.34 bits per heavy atom. The lowest BCUT2D eigenvalue weighted by atomic mass is 9.63. The van der Waals surface area contributed by atoms with E-state index in [4.69, 9.17) is 9.47 Å². The molecule has 1 spiro atoms. The summed E-state index contributed by atoms with van der Waals surface area (Å²) in [5, 5.41) is 3.23. The third-order valence-corrected chi connectivity index (χ3v) is 8.49. The minimum Gasteiger partial charge on any atom is -0.496 e. The third kappa shape index (κ3) is 4.21. The number of nitrogens with one attached hydrogen (secondary N) is 1. The topological polar surface area (TPSA) is 50.8 Å². The molecule has 1 amide bonds. The molecule has 2 saturated heterocycles. The number of hydrogen-bond donors (Lipinski definition) is 1. The van der Waals surface area contributed by atoms with Crippen LogP contribution in [-0.2, 0) is 10.9 Å². The third-order valence-electron chi connectivity index (χ3n) is 7.72. The minimum atomic E-state index is -4.53. The summed E-state index contributed by atoms with van der Waals surface area (Å²) in [5.74, 6) is -0.507. The number of hydrogen-bond acceptors (Lipinski definition) is 5. The first-order valence-electron chi connectivity index (χ1n) is 11.7. The zero-order valence-corrected chi connectivity index (χ0v) is 20.6. The van der Waals surface area contributed by atoms with Crippen molar-refractivity contribution in [2.75, 3.05) is 39.7 Å². The van der Waals surface area contributed by atoms with E-state index in [1.165, 1.54) is 7.11 Å². The number of carbonyl (C=O) groups excluding carboxylic acids is 1. The number of ether oxygens (including phenoxy) is 2. The van der Waals surface area contributed by atoms with E-state index >= 15 is 0 Å². The Morgan fingerprint density at radius 2 is 1.86 bits per heavy atom. The molecule has 5 rings (SSSR count). The van der Waals surface area contributed by atoms with E-state index in [0.29, 0.717) is 0 Å². The van der Waals surface area contributed by atoms with Crippen LogP contribution < -0.4 is 10.1 Å². The summed E-state index contributed by atoms with van der Waals surface area (Å²) in [4.78, 5) is 16.4. The fraction of sp³-hybridized carbons (Fsp3) is 0.500. The molecule has 188 valence electrons. The van der Waals surface area contributed by atoms with Crippen LogP contribution in [0.1, 0.15) is 46.8 Å². The number of alkyl halides is 3. The van der Waals surface area contributed by atoms with Crippen molar-refractivity contribution in [3.8, 4) is 5.75 Å². The van der Waals surface area contributed by atoms with E-state index in [9.17, 15) is 18.0 Å². The van der Waals surface area contributed by atoms with Gasteiger partial charge in [-0.3, -0.25) is 9.69 Å². The van der Waals surface area contributed by atoms with Gasteiger partial charge in [0.1, 0.15) is 5.75 Å². The zero-order chi connectivity index (χ0) is 24.8. The van der Waals surface area contributed by atoms with Gasteiger partial charge in [0.05, 0.1) is 37.5 Å². The van der Waals surface area contributed by atoms with Crippen molar-refractivity contribution in [2.24, 2.45) is 5.41 Å². The summed E-state index contributed by atoms with van der Waals surface area (Å²) in [6.45, 7) is 3.43. The van der Waals surface area contributed by atoms with Gasteiger partial charge in [0.2, 0.25) is 0 Å². The number of benzene rings is 2. The van der Waals surface area contributed by atoms with E-state index in [1.807, 2.05) is 30.3 Å². The molecule has 5 nitrogen and oxygen atoms in total. The molecule has 0 bridgehead atoms. The molecule has 1 aliphatic carbocycles. The first-order chi connectivity index (χ1) is 16.7. The van der Waals surface area contributed by atoms with Crippen molar-refractivity contribution >= 4 is 17.7 Å². The lowest BCUT2D eigenvalue weighted by molar-refractivity contribution is -0.229. The lowest BCUT2D eigenvalue weighted by Gasteiger charge is -2.66. The number of amides is 1. The average Bonchev–Trinajstić information content (AvgIpc) is 2.76. The van der Waals surface area contributed by atoms with Crippen LogP contribution in [-0.4, -0.2) is 56.0 Å². The molecule has 2 aromatic carbocycles. The van der Waals surface area contributed by atoms with Crippen molar-refractivity contribution in [3.05, 3.63) is 59.2 Å². The number of thioether (sulfide) groups is 1. The highest BCUT2D eigenvalue weighted by atomic mass is 32.2. The maximum Gasteiger partial charge on any atom is 0.416 e. The first-order valence-corrected chi connectivity index (χ1v) is 13.0. The van der Waals surface area contributed by atoms with Gasteiger partial charge in [0, 0.05) is 28.9 Å². The molecule has 3 aliphatic rings. The summed E-state index contributed by atoms with van der Waals surface area (Å²) in [6, 6.07) is 11.5. The summed E-state index contributed by atoms with van der Waals surface area (Å²) in [6.07, 6.45) is 0.0908. The minimum absolute atomic E-state index is 0.0781. The predicted molar refractivity (Wildman–Crippen MR) is 128 cm³/mol. The van der Waals surface area contributed by atoms with Crippen LogP contribution in [0.5, 0.6) is 5.75 Å². The van der Waals surface area contributed by atoms with Crippen LogP contribution in [0.2, 0.25) is 0 Å². The van der Waals surface area contributed by atoms with Crippen molar-refractivity contribution in [2.45, 2.75) is 41.9 Å². The number of halogens is 3. The molecule has 35 heavy (non-hydrogen) atoms. The van der Waals surface area contributed by atoms with E-state index in [1.54, 1.807) is 6.26 Å². The molecule has 2 aromatic rings. The second-order valence-electron chi connectivity index (χ2n) is 9.88. The van der Waals surface area contributed by atoms with Crippen LogP contribution >= 0.6 is 11.8 Å². The van der Waals surface area contributed by atoms with E-state index < -0.39 is 17.6 Å². The van der Waals surface area contributed by atoms with Gasteiger partial charge in [0.25, 0.3) is 5.91 Å². The number of likely N-dealkylation sites (tertiary alicyclic amines) is 1. The van der Waals surface area contributed by atoms with Crippen LogP contribution in [0.15, 0.2) is 47.4 Å². The van der Waals surface area contributed by atoms with Gasteiger partial charge in [-0.1, -0.05) is 30.3 Å². The molecule has 0 radical (unpaired) electrons. The van der Waals surface area contributed by atoms with Crippen molar-refractivity contribution < 1.29 is 27.4 Å².